The van der Waals surface area contributed by atoms with Gasteiger partial charge in [-0.2, -0.15) is 0 Å². The number of imide groups is 1. The molecule has 0 radical (unpaired) electrons. The van der Waals surface area contributed by atoms with Gasteiger partial charge < -0.3 is 9.64 Å². The van der Waals surface area contributed by atoms with Crippen molar-refractivity contribution in [3.05, 3.63) is 95.8 Å². The Labute approximate surface area is 195 Å². The van der Waals surface area contributed by atoms with Gasteiger partial charge in [-0.15, -0.1) is 0 Å². The van der Waals surface area contributed by atoms with Crippen LogP contribution in [0.15, 0.2) is 78.9 Å². The Balaban J connectivity index is 1.65. The van der Waals surface area contributed by atoms with Crippen LogP contribution in [0.3, 0.4) is 0 Å². The van der Waals surface area contributed by atoms with Crippen LogP contribution in [0.4, 0.5) is 10.1 Å². The van der Waals surface area contributed by atoms with Crippen molar-refractivity contribution in [2.75, 3.05) is 4.90 Å². The van der Waals surface area contributed by atoms with Crippen molar-refractivity contribution in [1.82, 2.24) is 4.90 Å². The number of amides is 3. The molecule has 7 nitrogen and oxygen atoms in total. The number of nitrogens with zero attached hydrogens (tertiary/aromatic N) is 2. The summed E-state index contributed by atoms with van der Waals surface area (Å²) in [6.45, 7) is 1.29. The van der Waals surface area contributed by atoms with E-state index in [2.05, 4.69) is 0 Å². The first-order chi connectivity index (χ1) is 16.3. The smallest absolute Gasteiger partial charge is 0.308 e. The number of esters is 1. The van der Waals surface area contributed by atoms with Crippen molar-refractivity contribution in [1.29, 1.82) is 0 Å². The molecule has 0 aliphatic carbocycles. The highest BCUT2D eigenvalue weighted by Crippen LogP contribution is 2.29. The standard InChI is InChI=1S/C26H21FN2O5/c1-17(30)34-20-13-11-19(12-14-20)29-24(31)15-23(26(29)33)28(16-18-7-3-2-4-8-18)25(32)21-9-5-6-10-22(21)27/h2-14,23H,15-16H2,1H3. The van der Waals surface area contributed by atoms with Crippen molar-refractivity contribution in [3.63, 3.8) is 0 Å². The van der Waals surface area contributed by atoms with Crippen LogP contribution < -0.4 is 9.64 Å². The molecular formula is C26H21FN2O5. The second-order valence-corrected chi connectivity index (χ2v) is 7.77. The normalized spacial score (nSPS) is 15.4. The lowest BCUT2D eigenvalue weighted by molar-refractivity contribution is -0.132. The monoisotopic (exact) mass is 460 g/mol. The minimum atomic E-state index is -1.10. The topological polar surface area (TPSA) is 84.0 Å². The van der Waals surface area contributed by atoms with Crippen LogP contribution in [0.25, 0.3) is 0 Å². The van der Waals surface area contributed by atoms with Gasteiger partial charge in [0.2, 0.25) is 5.91 Å². The Bertz CT molecular complexity index is 1240. The van der Waals surface area contributed by atoms with Crippen molar-refractivity contribution >= 4 is 29.4 Å². The third kappa shape index (κ3) is 4.71. The fraction of sp³-hybridized carbons (Fsp3) is 0.154. The Morgan fingerprint density at radius 3 is 2.26 bits per heavy atom. The second-order valence-electron chi connectivity index (χ2n) is 7.77. The molecular weight excluding hydrogens is 439 g/mol. The van der Waals surface area contributed by atoms with E-state index in [1.165, 1.54) is 60.4 Å². The largest absolute Gasteiger partial charge is 0.427 e. The molecule has 0 bridgehead atoms. The number of hydrogen-bond acceptors (Lipinski definition) is 5. The molecule has 1 atom stereocenters. The molecule has 1 aliphatic rings. The summed E-state index contributed by atoms with van der Waals surface area (Å²) in [7, 11) is 0. The zero-order chi connectivity index (χ0) is 24.2. The maximum Gasteiger partial charge on any atom is 0.308 e. The highest BCUT2D eigenvalue weighted by Gasteiger charge is 2.44. The highest BCUT2D eigenvalue weighted by molar-refractivity contribution is 6.23. The fourth-order valence-electron chi connectivity index (χ4n) is 3.85. The number of halogens is 1. The first-order valence-corrected chi connectivity index (χ1v) is 10.6. The van der Waals surface area contributed by atoms with Gasteiger partial charge in [0.05, 0.1) is 17.7 Å². The summed E-state index contributed by atoms with van der Waals surface area (Å²) in [5, 5.41) is 0. The maximum absolute atomic E-state index is 14.4. The number of carbonyl (C=O) groups excluding carboxylic acids is 4. The number of benzene rings is 3. The van der Waals surface area contributed by atoms with Crippen LogP contribution in [0.5, 0.6) is 5.75 Å². The molecule has 1 saturated heterocycles. The van der Waals surface area contributed by atoms with E-state index in [1.54, 1.807) is 24.3 Å². The molecule has 172 valence electrons. The first kappa shape index (κ1) is 22.8. The Kier molecular flexibility index (Phi) is 6.49. The molecule has 34 heavy (non-hydrogen) atoms. The van der Waals surface area contributed by atoms with Crippen molar-refractivity contribution in [2.45, 2.75) is 25.9 Å². The summed E-state index contributed by atoms with van der Waals surface area (Å²) in [4.78, 5) is 52.9. The van der Waals surface area contributed by atoms with Gasteiger partial charge in [-0.3, -0.25) is 19.2 Å². The molecule has 0 aromatic heterocycles. The van der Waals surface area contributed by atoms with Crippen LogP contribution in [-0.4, -0.2) is 34.6 Å². The second kappa shape index (κ2) is 9.66. The summed E-state index contributed by atoms with van der Waals surface area (Å²) < 4.78 is 19.4. The van der Waals surface area contributed by atoms with Crippen LogP contribution in [0.2, 0.25) is 0 Å². The summed E-state index contributed by atoms with van der Waals surface area (Å²) in [6, 6.07) is 19.3. The van der Waals surface area contributed by atoms with Gasteiger partial charge in [0.1, 0.15) is 17.6 Å². The van der Waals surface area contributed by atoms with E-state index in [1.807, 2.05) is 6.07 Å². The molecule has 0 saturated carbocycles. The average molecular weight is 460 g/mol. The van der Waals surface area contributed by atoms with Gasteiger partial charge in [-0.1, -0.05) is 42.5 Å². The quantitative estimate of drug-likeness (QED) is 0.318. The molecule has 3 aromatic rings. The van der Waals surface area contributed by atoms with E-state index in [9.17, 15) is 23.6 Å². The van der Waals surface area contributed by atoms with Gasteiger partial charge in [-0.05, 0) is 42.0 Å². The van der Waals surface area contributed by atoms with E-state index in [4.69, 9.17) is 4.74 Å². The van der Waals surface area contributed by atoms with E-state index >= 15 is 0 Å². The lowest BCUT2D eigenvalue weighted by Gasteiger charge is -2.28. The van der Waals surface area contributed by atoms with Crippen LogP contribution in [-0.2, 0) is 20.9 Å². The third-order valence-corrected chi connectivity index (χ3v) is 5.42. The summed E-state index contributed by atoms with van der Waals surface area (Å²) >= 11 is 0. The highest BCUT2D eigenvalue weighted by atomic mass is 19.1. The number of hydrogen-bond donors (Lipinski definition) is 0. The van der Waals surface area contributed by atoms with Crippen LogP contribution in [0, 0.1) is 5.82 Å². The predicted octanol–water partition coefficient (Wildman–Crippen LogP) is 3.73. The number of rotatable bonds is 6. The van der Waals surface area contributed by atoms with Gasteiger partial charge in [0.15, 0.2) is 0 Å². The molecule has 4 rings (SSSR count). The average Bonchev–Trinajstić information content (AvgIpc) is 3.12. The summed E-state index contributed by atoms with van der Waals surface area (Å²) in [6.07, 6.45) is -0.239. The maximum atomic E-state index is 14.4. The molecule has 0 N–H and O–H groups in total. The molecule has 1 fully saturated rings. The van der Waals surface area contributed by atoms with E-state index in [0.29, 0.717) is 0 Å². The Morgan fingerprint density at radius 2 is 1.62 bits per heavy atom. The van der Waals surface area contributed by atoms with Crippen molar-refractivity contribution in [2.24, 2.45) is 0 Å². The molecule has 1 aliphatic heterocycles. The van der Waals surface area contributed by atoms with Crippen LogP contribution in [0.1, 0.15) is 29.3 Å². The summed E-state index contributed by atoms with van der Waals surface area (Å²) in [5.41, 5.74) is 0.839. The number of ether oxygens (including phenoxy) is 1. The molecule has 3 amide bonds. The van der Waals surface area contributed by atoms with Gasteiger partial charge in [0, 0.05) is 13.5 Å². The molecule has 1 unspecified atom stereocenters. The van der Waals surface area contributed by atoms with Crippen molar-refractivity contribution < 1.29 is 28.3 Å². The minimum Gasteiger partial charge on any atom is -0.427 e. The van der Waals surface area contributed by atoms with E-state index in [0.717, 1.165) is 10.5 Å². The minimum absolute atomic E-state index is 0.0247. The molecule has 3 aromatic carbocycles. The lowest BCUT2D eigenvalue weighted by atomic mass is 10.1. The Morgan fingerprint density at radius 1 is 0.971 bits per heavy atom. The molecule has 8 heteroatoms. The van der Waals surface area contributed by atoms with Crippen molar-refractivity contribution in [3.8, 4) is 5.75 Å². The van der Waals surface area contributed by atoms with Gasteiger partial charge >= 0.3 is 5.97 Å². The van der Waals surface area contributed by atoms with Gasteiger partial charge in [-0.25, -0.2) is 9.29 Å². The van der Waals surface area contributed by atoms with Gasteiger partial charge in [0.25, 0.3) is 11.8 Å². The zero-order valence-electron chi connectivity index (χ0n) is 18.3. The number of carbonyl (C=O) groups is 4. The zero-order valence-corrected chi connectivity index (χ0v) is 18.3. The summed E-state index contributed by atoms with van der Waals surface area (Å²) in [5.74, 6) is -2.70. The lowest BCUT2D eigenvalue weighted by Crippen LogP contribution is -2.45. The van der Waals surface area contributed by atoms with Crippen LogP contribution >= 0.6 is 0 Å². The SMILES string of the molecule is CC(=O)Oc1ccc(N2C(=O)CC(N(Cc3ccccc3)C(=O)c3ccccc3F)C2=O)cc1. The first-order valence-electron chi connectivity index (χ1n) is 10.6. The fourth-order valence-corrected chi connectivity index (χ4v) is 3.85. The third-order valence-electron chi connectivity index (χ3n) is 5.42. The molecule has 0 spiro atoms. The van der Waals surface area contributed by atoms with E-state index in [-0.39, 0.29) is 30.0 Å². The molecule has 1 heterocycles. The predicted molar refractivity (Wildman–Crippen MR) is 121 cm³/mol. The number of anilines is 1. The van der Waals surface area contributed by atoms with E-state index < -0.39 is 35.5 Å². The Hall–Kier alpha value is -4.33.